The van der Waals surface area contributed by atoms with Gasteiger partial charge in [0.1, 0.15) is 0 Å². The summed E-state index contributed by atoms with van der Waals surface area (Å²) in [6.45, 7) is 2.20. The number of hydrogen-bond acceptors (Lipinski definition) is 3. The average Bonchev–Trinajstić information content (AvgIpc) is 3.08. The molecule has 3 aromatic rings. The number of aliphatic hydroxyl groups excluding tert-OH is 1. The molecule has 1 aromatic heterocycles. The Labute approximate surface area is 157 Å². The number of hydrogen-bond donors (Lipinski definition) is 2. The fourth-order valence-electron chi connectivity index (χ4n) is 2.82. The average molecular weight is 370 g/mol. The summed E-state index contributed by atoms with van der Waals surface area (Å²) in [5.41, 5.74) is 4.84. The second kappa shape index (κ2) is 7.72. The summed E-state index contributed by atoms with van der Waals surface area (Å²) in [6, 6.07) is 12.9. The highest BCUT2D eigenvalue weighted by molar-refractivity contribution is 6.31. The molecule has 0 atom stereocenters. The largest absolute Gasteiger partial charge is 0.392 e. The molecule has 0 saturated heterocycles. The zero-order chi connectivity index (χ0) is 18.7. The molecule has 0 radical (unpaired) electrons. The van der Waals surface area contributed by atoms with Gasteiger partial charge in [0.2, 0.25) is 0 Å². The van der Waals surface area contributed by atoms with Crippen LogP contribution in [0, 0.1) is 6.92 Å². The highest BCUT2D eigenvalue weighted by Gasteiger charge is 2.12. The molecule has 2 N–H and O–H groups in total. The molecular weight excluding hydrogens is 350 g/mol. The number of carbonyl (C=O) groups is 1. The second-order valence-electron chi connectivity index (χ2n) is 6.18. The van der Waals surface area contributed by atoms with E-state index in [0.717, 1.165) is 22.4 Å². The van der Waals surface area contributed by atoms with E-state index in [4.69, 9.17) is 11.6 Å². The summed E-state index contributed by atoms with van der Waals surface area (Å²) in [6.07, 6.45) is 1.70. The van der Waals surface area contributed by atoms with Crippen LogP contribution < -0.4 is 5.32 Å². The van der Waals surface area contributed by atoms with Crippen molar-refractivity contribution in [1.82, 2.24) is 15.1 Å². The molecule has 5 nitrogen and oxygen atoms in total. The van der Waals surface area contributed by atoms with Crippen LogP contribution in [0.4, 0.5) is 0 Å². The molecule has 26 heavy (non-hydrogen) atoms. The first-order valence-corrected chi connectivity index (χ1v) is 8.62. The minimum absolute atomic E-state index is 0.137. The van der Waals surface area contributed by atoms with E-state index in [0.29, 0.717) is 22.7 Å². The van der Waals surface area contributed by atoms with Crippen LogP contribution in [0.3, 0.4) is 0 Å². The Morgan fingerprint density at radius 2 is 2.00 bits per heavy atom. The van der Waals surface area contributed by atoms with Gasteiger partial charge in [-0.3, -0.25) is 9.48 Å². The van der Waals surface area contributed by atoms with Crippen LogP contribution in [0.25, 0.3) is 11.3 Å². The molecule has 0 aliphatic carbocycles. The molecule has 0 aliphatic rings. The lowest BCUT2D eigenvalue weighted by molar-refractivity contribution is 0.0950. The predicted molar refractivity (Wildman–Crippen MR) is 102 cm³/mol. The van der Waals surface area contributed by atoms with E-state index in [9.17, 15) is 9.90 Å². The van der Waals surface area contributed by atoms with E-state index < -0.39 is 0 Å². The highest BCUT2D eigenvalue weighted by Crippen LogP contribution is 2.22. The SMILES string of the molecule is Cc1cc(CNC(=O)c2cc(CO)cc(-c3ccnn3C)c2)ccc1Cl. The number of benzene rings is 2. The molecule has 0 unspecified atom stereocenters. The number of aryl methyl sites for hydroxylation is 2. The number of carbonyl (C=O) groups excluding carboxylic acids is 1. The maximum atomic E-state index is 12.6. The molecule has 0 fully saturated rings. The minimum Gasteiger partial charge on any atom is -0.392 e. The third-order valence-corrected chi connectivity index (χ3v) is 4.65. The smallest absolute Gasteiger partial charge is 0.251 e. The van der Waals surface area contributed by atoms with Crippen LogP contribution in [0.15, 0.2) is 48.7 Å². The molecule has 0 saturated carbocycles. The van der Waals surface area contributed by atoms with Crippen LogP contribution in [0.5, 0.6) is 0 Å². The summed E-state index contributed by atoms with van der Waals surface area (Å²) >= 11 is 6.03. The minimum atomic E-state index is -0.198. The molecule has 0 spiro atoms. The Bertz CT molecular complexity index is 950. The number of rotatable bonds is 5. The standard InChI is InChI=1S/C20H20ClN3O2/c1-13-7-14(3-4-18(13)21)11-22-20(26)17-9-15(12-25)8-16(10-17)19-5-6-23-24(19)2/h3-10,25H,11-12H2,1-2H3,(H,22,26). The van der Waals surface area contributed by atoms with Crippen LogP contribution in [0.1, 0.15) is 27.0 Å². The fourth-order valence-corrected chi connectivity index (χ4v) is 2.94. The van der Waals surface area contributed by atoms with Gasteiger partial charge in [-0.2, -0.15) is 5.10 Å². The van der Waals surface area contributed by atoms with Gasteiger partial charge < -0.3 is 10.4 Å². The monoisotopic (exact) mass is 369 g/mol. The Hall–Kier alpha value is -2.63. The first kappa shape index (κ1) is 18.2. The first-order valence-electron chi connectivity index (χ1n) is 8.24. The lowest BCUT2D eigenvalue weighted by Gasteiger charge is -2.10. The summed E-state index contributed by atoms with van der Waals surface area (Å²) in [4.78, 5) is 12.6. The Kier molecular flexibility index (Phi) is 5.40. The van der Waals surface area contributed by atoms with Crippen molar-refractivity contribution in [2.75, 3.05) is 0 Å². The quantitative estimate of drug-likeness (QED) is 0.723. The van der Waals surface area contributed by atoms with Gasteiger partial charge in [-0.25, -0.2) is 0 Å². The number of nitrogens with zero attached hydrogens (tertiary/aromatic N) is 2. The van der Waals surface area contributed by atoms with Crippen molar-refractivity contribution in [2.45, 2.75) is 20.1 Å². The van der Waals surface area contributed by atoms with Gasteiger partial charge in [0.05, 0.1) is 12.3 Å². The number of halogens is 1. The third kappa shape index (κ3) is 3.95. The summed E-state index contributed by atoms with van der Waals surface area (Å²) in [5, 5.41) is 17.3. The summed E-state index contributed by atoms with van der Waals surface area (Å²) in [7, 11) is 1.84. The van der Waals surface area contributed by atoms with Crippen molar-refractivity contribution in [3.05, 3.63) is 75.9 Å². The molecular formula is C20H20ClN3O2. The van der Waals surface area contributed by atoms with E-state index in [-0.39, 0.29) is 12.5 Å². The van der Waals surface area contributed by atoms with Crippen molar-refractivity contribution < 1.29 is 9.90 Å². The van der Waals surface area contributed by atoms with Crippen molar-refractivity contribution >= 4 is 17.5 Å². The lowest BCUT2D eigenvalue weighted by atomic mass is 10.0. The second-order valence-corrected chi connectivity index (χ2v) is 6.59. The van der Waals surface area contributed by atoms with Gasteiger partial charge in [0.25, 0.3) is 5.91 Å². The van der Waals surface area contributed by atoms with Crippen molar-refractivity contribution in [2.24, 2.45) is 7.05 Å². The number of nitrogens with one attached hydrogen (secondary N) is 1. The normalized spacial score (nSPS) is 10.8. The lowest BCUT2D eigenvalue weighted by Crippen LogP contribution is -2.23. The van der Waals surface area contributed by atoms with Gasteiger partial charge in [-0.15, -0.1) is 0 Å². The van der Waals surface area contributed by atoms with E-state index in [1.807, 2.05) is 44.3 Å². The number of aliphatic hydroxyl groups is 1. The molecule has 1 heterocycles. The highest BCUT2D eigenvalue weighted by atomic mass is 35.5. The van der Waals surface area contributed by atoms with E-state index in [1.54, 1.807) is 23.0 Å². The van der Waals surface area contributed by atoms with Gasteiger partial charge in [0, 0.05) is 35.9 Å². The zero-order valence-corrected chi connectivity index (χ0v) is 15.4. The van der Waals surface area contributed by atoms with Crippen LogP contribution in [-0.4, -0.2) is 20.8 Å². The molecule has 134 valence electrons. The molecule has 0 bridgehead atoms. The zero-order valence-electron chi connectivity index (χ0n) is 14.7. The van der Waals surface area contributed by atoms with Gasteiger partial charge in [0.15, 0.2) is 0 Å². The number of amides is 1. The van der Waals surface area contributed by atoms with Gasteiger partial charge >= 0.3 is 0 Å². The Morgan fingerprint density at radius 3 is 2.65 bits per heavy atom. The first-order chi connectivity index (χ1) is 12.5. The Balaban J connectivity index is 1.82. The molecule has 2 aromatic carbocycles. The summed E-state index contributed by atoms with van der Waals surface area (Å²) in [5.74, 6) is -0.198. The predicted octanol–water partition coefficient (Wildman–Crippen LogP) is 3.47. The maximum Gasteiger partial charge on any atom is 0.251 e. The Morgan fingerprint density at radius 1 is 1.19 bits per heavy atom. The van der Waals surface area contributed by atoms with Crippen molar-refractivity contribution in [3.63, 3.8) is 0 Å². The van der Waals surface area contributed by atoms with E-state index in [1.165, 1.54) is 0 Å². The molecule has 6 heteroatoms. The summed E-state index contributed by atoms with van der Waals surface area (Å²) < 4.78 is 1.73. The molecule has 3 rings (SSSR count). The third-order valence-electron chi connectivity index (χ3n) is 4.23. The van der Waals surface area contributed by atoms with E-state index >= 15 is 0 Å². The molecule has 1 amide bonds. The van der Waals surface area contributed by atoms with Gasteiger partial charge in [-0.1, -0.05) is 23.7 Å². The van der Waals surface area contributed by atoms with Gasteiger partial charge in [-0.05, 0) is 53.9 Å². The van der Waals surface area contributed by atoms with E-state index in [2.05, 4.69) is 10.4 Å². The van der Waals surface area contributed by atoms with Crippen molar-refractivity contribution in [1.29, 1.82) is 0 Å². The van der Waals surface area contributed by atoms with Crippen molar-refractivity contribution in [3.8, 4) is 11.3 Å². The maximum absolute atomic E-state index is 12.6. The number of aromatic nitrogens is 2. The molecule has 0 aliphatic heterocycles. The topological polar surface area (TPSA) is 67.2 Å². The van der Waals surface area contributed by atoms with Crippen LogP contribution in [0.2, 0.25) is 5.02 Å². The van der Waals surface area contributed by atoms with Crippen LogP contribution >= 0.6 is 11.6 Å². The fraction of sp³-hybridized carbons (Fsp3) is 0.200. The van der Waals surface area contributed by atoms with Crippen LogP contribution in [-0.2, 0) is 20.2 Å².